The van der Waals surface area contributed by atoms with Gasteiger partial charge in [0, 0.05) is 31.2 Å². The molecule has 4 aromatic rings. The molecule has 2 aliphatic heterocycles. The maximum absolute atomic E-state index is 15.7. The van der Waals surface area contributed by atoms with Crippen LogP contribution in [0.4, 0.5) is 10.1 Å². The summed E-state index contributed by atoms with van der Waals surface area (Å²) in [6, 6.07) is 12.9. The monoisotopic (exact) mass is 530 g/mol. The van der Waals surface area contributed by atoms with E-state index >= 15 is 4.39 Å². The van der Waals surface area contributed by atoms with Crippen molar-refractivity contribution in [1.82, 2.24) is 14.4 Å². The van der Waals surface area contributed by atoms with Gasteiger partial charge < -0.3 is 29.2 Å². The minimum Gasteiger partial charge on any atom is -0.450 e. The van der Waals surface area contributed by atoms with Crippen LogP contribution in [0.15, 0.2) is 53.5 Å². The Morgan fingerprint density at radius 1 is 1.05 bits per heavy atom. The maximum atomic E-state index is 15.7. The summed E-state index contributed by atoms with van der Waals surface area (Å²) in [5, 5.41) is 5.16. The number of unbranched alkanes of at least 4 members (excludes halogenated alkanes) is 1. The third-order valence-corrected chi connectivity index (χ3v) is 7.38. The molecule has 39 heavy (non-hydrogen) atoms. The Labute approximate surface area is 225 Å². The summed E-state index contributed by atoms with van der Waals surface area (Å²) in [7, 11) is 4.04. The van der Waals surface area contributed by atoms with Gasteiger partial charge in [0.15, 0.2) is 17.3 Å². The van der Waals surface area contributed by atoms with Gasteiger partial charge >= 0.3 is 0 Å². The first kappa shape index (κ1) is 25.3. The molecule has 1 aromatic heterocycles. The van der Waals surface area contributed by atoms with Crippen molar-refractivity contribution in [2.45, 2.75) is 12.8 Å². The number of carbonyl (C=O) groups is 1. The lowest BCUT2D eigenvalue weighted by molar-refractivity contribution is 0.0302. The Morgan fingerprint density at radius 3 is 2.64 bits per heavy atom. The Kier molecular flexibility index (Phi) is 6.70. The molecule has 9 heteroatoms. The number of ether oxygens (including phenoxy) is 2. The molecule has 3 aromatic carbocycles. The van der Waals surface area contributed by atoms with Gasteiger partial charge in [0.1, 0.15) is 16.8 Å². The van der Waals surface area contributed by atoms with Gasteiger partial charge in [-0.3, -0.25) is 9.59 Å². The van der Waals surface area contributed by atoms with Gasteiger partial charge in [-0.15, -0.1) is 0 Å². The Hall–Kier alpha value is -3.95. The second kappa shape index (κ2) is 10.3. The second-order valence-corrected chi connectivity index (χ2v) is 10.3. The third-order valence-electron chi connectivity index (χ3n) is 7.38. The van der Waals surface area contributed by atoms with Crippen LogP contribution >= 0.6 is 0 Å². The molecule has 202 valence electrons. The first-order valence-corrected chi connectivity index (χ1v) is 13.3. The molecule has 0 atom stereocenters. The van der Waals surface area contributed by atoms with Gasteiger partial charge in [-0.1, -0.05) is 30.3 Å². The molecule has 0 radical (unpaired) electrons. The molecular formula is C30H31FN4O4. The summed E-state index contributed by atoms with van der Waals surface area (Å²) in [5.41, 5.74) is 0.832. The lowest BCUT2D eigenvalue weighted by Gasteiger charge is -2.29. The van der Waals surface area contributed by atoms with E-state index in [9.17, 15) is 9.59 Å². The summed E-state index contributed by atoms with van der Waals surface area (Å²) < 4.78 is 29.4. The minimum absolute atomic E-state index is 0.000142. The highest BCUT2D eigenvalue weighted by molar-refractivity contribution is 6.03. The highest BCUT2D eigenvalue weighted by Crippen LogP contribution is 2.47. The normalized spacial score (nSPS) is 14.5. The zero-order valence-electron chi connectivity index (χ0n) is 22.1. The summed E-state index contributed by atoms with van der Waals surface area (Å²) in [6.07, 6.45) is 3.38. The first-order chi connectivity index (χ1) is 18.9. The Morgan fingerprint density at radius 2 is 1.85 bits per heavy atom. The van der Waals surface area contributed by atoms with Crippen LogP contribution in [-0.2, 0) is 4.74 Å². The van der Waals surface area contributed by atoms with Crippen molar-refractivity contribution in [3.8, 4) is 17.2 Å². The van der Waals surface area contributed by atoms with E-state index in [-0.39, 0.29) is 28.3 Å². The molecule has 0 bridgehead atoms. The van der Waals surface area contributed by atoms with Crippen molar-refractivity contribution in [2.24, 2.45) is 0 Å². The third kappa shape index (κ3) is 4.51. The number of amides is 1. The largest absolute Gasteiger partial charge is 0.450 e. The van der Waals surface area contributed by atoms with Gasteiger partial charge in [-0.2, -0.15) is 0 Å². The number of aromatic nitrogens is 1. The Balaban J connectivity index is 1.53. The minimum atomic E-state index is -0.589. The molecule has 6 rings (SSSR count). The van der Waals surface area contributed by atoms with Crippen LogP contribution in [0.2, 0.25) is 0 Å². The molecule has 3 heterocycles. The number of fused-ring (bicyclic) bond motifs is 4. The van der Waals surface area contributed by atoms with Gasteiger partial charge in [0.25, 0.3) is 5.91 Å². The number of halogens is 1. The predicted molar refractivity (Wildman–Crippen MR) is 150 cm³/mol. The van der Waals surface area contributed by atoms with E-state index in [0.29, 0.717) is 49.8 Å². The van der Waals surface area contributed by atoms with Crippen molar-refractivity contribution >= 4 is 33.3 Å². The smallest absolute Gasteiger partial charge is 0.259 e. The number of carbonyl (C=O) groups excluding carboxylic acids is 1. The van der Waals surface area contributed by atoms with Gasteiger partial charge in [-0.05, 0) is 51.0 Å². The topological polar surface area (TPSA) is 76.0 Å². The van der Waals surface area contributed by atoms with Crippen LogP contribution in [0, 0.1) is 5.82 Å². The lowest BCUT2D eigenvalue weighted by Crippen LogP contribution is -2.42. The van der Waals surface area contributed by atoms with Crippen LogP contribution in [0.5, 0.6) is 11.5 Å². The molecule has 1 fully saturated rings. The summed E-state index contributed by atoms with van der Waals surface area (Å²) in [4.78, 5) is 30.9. The molecule has 1 N–H and O–H groups in total. The van der Waals surface area contributed by atoms with Gasteiger partial charge in [0.2, 0.25) is 5.43 Å². The van der Waals surface area contributed by atoms with Crippen LogP contribution in [-0.4, -0.2) is 73.8 Å². The fourth-order valence-corrected chi connectivity index (χ4v) is 5.37. The van der Waals surface area contributed by atoms with Crippen molar-refractivity contribution in [3.63, 3.8) is 0 Å². The number of benzene rings is 3. The van der Waals surface area contributed by atoms with E-state index in [1.807, 2.05) is 55.1 Å². The lowest BCUT2D eigenvalue weighted by atomic mass is 10.0. The van der Waals surface area contributed by atoms with Gasteiger partial charge in [0.05, 0.1) is 24.3 Å². The first-order valence-electron chi connectivity index (χ1n) is 13.3. The maximum Gasteiger partial charge on any atom is 0.259 e. The van der Waals surface area contributed by atoms with Crippen LogP contribution in [0.25, 0.3) is 27.4 Å². The molecule has 0 aliphatic carbocycles. The number of anilines is 1. The Bertz CT molecular complexity index is 1640. The SMILES string of the molecule is CN(C)CCCCNc1c(F)cc2c(=O)c(C(=O)N3CCOCC3)cn3c2c1Oc1c-3ccc2ccccc12. The molecule has 8 nitrogen and oxygen atoms in total. The number of pyridine rings is 1. The molecular weight excluding hydrogens is 499 g/mol. The van der Waals surface area contributed by atoms with Crippen molar-refractivity contribution in [2.75, 3.05) is 58.8 Å². The molecule has 1 amide bonds. The predicted octanol–water partition coefficient (Wildman–Crippen LogP) is 4.61. The quantitative estimate of drug-likeness (QED) is 0.310. The zero-order chi connectivity index (χ0) is 27.1. The van der Waals surface area contributed by atoms with E-state index < -0.39 is 11.2 Å². The average molecular weight is 531 g/mol. The number of hydrogen-bond donors (Lipinski definition) is 1. The fraction of sp³-hybridized carbons (Fsp3) is 0.333. The summed E-state index contributed by atoms with van der Waals surface area (Å²) in [5.74, 6) is -0.165. The fourth-order valence-electron chi connectivity index (χ4n) is 5.37. The summed E-state index contributed by atoms with van der Waals surface area (Å²) >= 11 is 0. The van der Waals surface area contributed by atoms with Crippen LogP contribution < -0.4 is 15.5 Å². The highest BCUT2D eigenvalue weighted by Gasteiger charge is 2.30. The van der Waals surface area contributed by atoms with Crippen molar-refractivity contribution in [3.05, 3.63) is 70.3 Å². The van der Waals surface area contributed by atoms with E-state index in [0.717, 1.165) is 30.2 Å². The molecule has 0 unspecified atom stereocenters. The van der Waals surface area contributed by atoms with E-state index in [1.165, 1.54) is 6.07 Å². The zero-order valence-corrected chi connectivity index (χ0v) is 22.1. The number of nitrogens with zero attached hydrogens (tertiary/aromatic N) is 3. The molecule has 0 saturated carbocycles. The summed E-state index contributed by atoms with van der Waals surface area (Å²) in [6.45, 7) is 3.11. The second-order valence-electron chi connectivity index (χ2n) is 10.3. The number of rotatable bonds is 7. The molecule has 2 aliphatic rings. The number of nitrogens with one attached hydrogen (secondary N) is 1. The average Bonchev–Trinajstić information content (AvgIpc) is 2.95. The van der Waals surface area contributed by atoms with Crippen LogP contribution in [0.3, 0.4) is 0 Å². The molecule has 0 spiro atoms. The van der Waals surface area contributed by atoms with E-state index in [2.05, 4.69) is 10.2 Å². The number of hydrogen-bond acceptors (Lipinski definition) is 6. The van der Waals surface area contributed by atoms with Crippen molar-refractivity contribution < 1.29 is 18.7 Å². The van der Waals surface area contributed by atoms with Crippen molar-refractivity contribution in [1.29, 1.82) is 0 Å². The highest BCUT2D eigenvalue weighted by atomic mass is 19.1. The number of morpholine rings is 1. The van der Waals surface area contributed by atoms with E-state index in [1.54, 1.807) is 11.1 Å². The van der Waals surface area contributed by atoms with Gasteiger partial charge in [-0.25, -0.2) is 4.39 Å². The van der Waals surface area contributed by atoms with E-state index in [4.69, 9.17) is 9.47 Å². The van der Waals surface area contributed by atoms with Crippen LogP contribution in [0.1, 0.15) is 23.2 Å². The molecule has 1 saturated heterocycles. The standard InChI is InChI=1S/C30H31FN4O4/c1-33(2)12-6-5-11-32-25-23(31)17-21-26-29(25)39-28-20-8-4-3-7-19(20)9-10-24(28)35(26)18-22(27(21)36)30(37)34-13-15-38-16-14-34/h3-4,7-10,17-18,32H,5-6,11-16H2,1-2H3.